The molecule has 0 saturated carbocycles. The second-order valence-corrected chi connectivity index (χ2v) is 2.84. The first-order chi connectivity index (χ1) is 6.16. The Labute approximate surface area is 78.1 Å². The molecule has 0 aliphatic rings. The molecule has 2 N–H and O–H groups in total. The summed E-state index contributed by atoms with van der Waals surface area (Å²) in [5.74, 6) is -0.582. The van der Waals surface area contributed by atoms with Crippen molar-refractivity contribution in [1.29, 1.82) is 0 Å². The maximum atomic E-state index is 10.7. The Bertz CT molecular complexity index is 478. The number of fused-ring (bicyclic) bond motifs is 1. The van der Waals surface area contributed by atoms with E-state index in [9.17, 15) is 4.79 Å². The van der Waals surface area contributed by atoms with Crippen LogP contribution in [0.1, 0.15) is 10.5 Å². The van der Waals surface area contributed by atoms with Crippen LogP contribution in [0.5, 0.6) is 0 Å². The lowest BCUT2D eigenvalue weighted by molar-refractivity contribution is 0.0996. The third kappa shape index (κ3) is 1.33. The number of rotatable bonds is 1. The molecule has 0 spiro atoms. The number of halogens is 1. The fourth-order valence-electron chi connectivity index (χ4n) is 0.977. The van der Waals surface area contributed by atoms with E-state index in [0.29, 0.717) is 10.8 Å². The van der Waals surface area contributed by atoms with Crippen LogP contribution in [0.25, 0.3) is 5.65 Å². The molecule has 2 aromatic heterocycles. The zero-order chi connectivity index (χ0) is 9.42. The minimum atomic E-state index is -0.582. The largest absolute Gasteiger partial charge is 0.364 e. The minimum absolute atomic E-state index is 0.176. The van der Waals surface area contributed by atoms with Crippen LogP contribution in [-0.4, -0.2) is 20.5 Å². The highest BCUT2D eigenvalue weighted by atomic mass is 35.5. The van der Waals surface area contributed by atoms with E-state index in [2.05, 4.69) is 10.1 Å². The van der Waals surface area contributed by atoms with Gasteiger partial charge < -0.3 is 5.73 Å². The quantitative estimate of drug-likeness (QED) is 0.721. The Kier molecular flexibility index (Phi) is 1.66. The van der Waals surface area contributed by atoms with Crippen LogP contribution >= 0.6 is 11.6 Å². The third-order valence-corrected chi connectivity index (χ3v) is 1.74. The maximum Gasteiger partial charge on any atom is 0.268 e. The fourth-order valence-corrected chi connectivity index (χ4v) is 1.12. The second kappa shape index (κ2) is 2.70. The molecule has 6 heteroatoms. The van der Waals surface area contributed by atoms with E-state index in [4.69, 9.17) is 17.3 Å². The molecular formula is C7H5ClN4O. The van der Waals surface area contributed by atoms with Gasteiger partial charge in [-0.25, -0.2) is 9.50 Å². The van der Waals surface area contributed by atoms with E-state index in [1.54, 1.807) is 12.1 Å². The van der Waals surface area contributed by atoms with Gasteiger partial charge >= 0.3 is 0 Å². The predicted octanol–water partition coefficient (Wildman–Crippen LogP) is 0.482. The summed E-state index contributed by atoms with van der Waals surface area (Å²) in [6.07, 6.45) is 1.43. The molecule has 2 rings (SSSR count). The van der Waals surface area contributed by atoms with Crippen LogP contribution in [0.4, 0.5) is 0 Å². The van der Waals surface area contributed by atoms with E-state index in [1.807, 2.05) is 0 Å². The summed E-state index contributed by atoms with van der Waals surface area (Å²) < 4.78 is 1.41. The molecule has 0 radical (unpaired) electrons. The Balaban J connectivity index is 2.68. The van der Waals surface area contributed by atoms with Gasteiger partial charge in [0.2, 0.25) is 0 Å². The molecule has 0 saturated heterocycles. The molecule has 5 nitrogen and oxygen atoms in total. The lowest BCUT2D eigenvalue weighted by atomic mass is 10.5. The molecule has 0 fully saturated rings. The summed E-state index contributed by atoms with van der Waals surface area (Å²) >= 11 is 5.63. The molecule has 66 valence electrons. The monoisotopic (exact) mass is 196 g/mol. The number of hydrogen-bond acceptors (Lipinski definition) is 3. The molecular weight excluding hydrogens is 192 g/mol. The average Bonchev–Trinajstić information content (AvgIpc) is 2.46. The van der Waals surface area contributed by atoms with Crippen molar-refractivity contribution in [2.24, 2.45) is 5.73 Å². The van der Waals surface area contributed by atoms with Crippen LogP contribution < -0.4 is 5.73 Å². The van der Waals surface area contributed by atoms with Gasteiger partial charge in [0, 0.05) is 0 Å². The van der Waals surface area contributed by atoms with E-state index in [-0.39, 0.29) is 5.69 Å². The summed E-state index contributed by atoms with van der Waals surface area (Å²) in [4.78, 5) is 14.7. The maximum absolute atomic E-state index is 10.7. The van der Waals surface area contributed by atoms with E-state index < -0.39 is 5.91 Å². The van der Waals surface area contributed by atoms with E-state index in [1.165, 1.54) is 10.7 Å². The average molecular weight is 197 g/mol. The van der Waals surface area contributed by atoms with Crippen molar-refractivity contribution >= 4 is 23.2 Å². The topological polar surface area (TPSA) is 73.3 Å². The molecule has 2 heterocycles. The Hall–Kier alpha value is -1.62. The van der Waals surface area contributed by atoms with Crippen molar-refractivity contribution < 1.29 is 4.79 Å². The van der Waals surface area contributed by atoms with Gasteiger partial charge in [0.15, 0.2) is 5.65 Å². The first-order valence-electron chi connectivity index (χ1n) is 3.48. The highest BCUT2D eigenvalue weighted by Gasteiger charge is 2.06. The molecule has 13 heavy (non-hydrogen) atoms. The molecule has 0 bridgehead atoms. The molecule has 0 aromatic carbocycles. The van der Waals surface area contributed by atoms with Crippen LogP contribution in [0.2, 0.25) is 5.15 Å². The summed E-state index contributed by atoms with van der Waals surface area (Å²) in [7, 11) is 0. The zero-order valence-corrected chi connectivity index (χ0v) is 7.19. The van der Waals surface area contributed by atoms with Gasteiger partial charge in [0.05, 0.1) is 6.20 Å². The standard InChI is InChI=1S/C7H5ClN4O/c8-5-1-2-6-10-4(7(9)13)3-12(6)11-5/h1-3H,(H2,9,13). The first-order valence-corrected chi connectivity index (χ1v) is 3.86. The zero-order valence-electron chi connectivity index (χ0n) is 6.44. The molecule has 0 atom stereocenters. The van der Waals surface area contributed by atoms with Gasteiger partial charge in [-0.2, -0.15) is 5.10 Å². The van der Waals surface area contributed by atoms with Gasteiger partial charge in [-0.1, -0.05) is 11.6 Å². The SMILES string of the molecule is NC(=O)c1cn2nc(Cl)ccc2n1. The number of nitrogens with two attached hydrogens (primary N) is 1. The molecule has 0 aliphatic heterocycles. The van der Waals surface area contributed by atoms with Gasteiger partial charge in [-0.3, -0.25) is 4.79 Å². The van der Waals surface area contributed by atoms with E-state index >= 15 is 0 Å². The van der Waals surface area contributed by atoms with Crippen molar-refractivity contribution in [2.75, 3.05) is 0 Å². The number of carbonyl (C=O) groups excluding carboxylic acids is 1. The second-order valence-electron chi connectivity index (χ2n) is 2.45. The van der Waals surface area contributed by atoms with Crippen LogP contribution in [-0.2, 0) is 0 Å². The van der Waals surface area contributed by atoms with E-state index in [0.717, 1.165) is 0 Å². The number of carbonyl (C=O) groups is 1. The fraction of sp³-hybridized carbons (Fsp3) is 0. The smallest absolute Gasteiger partial charge is 0.268 e. The molecule has 0 unspecified atom stereocenters. The number of hydrogen-bond donors (Lipinski definition) is 1. The van der Waals surface area contributed by atoms with Crippen LogP contribution in [0, 0.1) is 0 Å². The predicted molar refractivity (Wildman–Crippen MR) is 46.5 cm³/mol. The molecule has 1 amide bonds. The van der Waals surface area contributed by atoms with Crippen molar-refractivity contribution in [2.45, 2.75) is 0 Å². The van der Waals surface area contributed by atoms with Gasteiger partial charge in [-0.15, -0.1) is 0 Å². The highest BCUT2D eigenvalue weighted by Crippen LogP contribution is 2.07. The van der Waals surface area contributed by atoms with Crippen LogP contribution in [0.3, 0.4) is 0 Å². The summed E-state index contributed by atoms with van der Waals surface area (Å²) in [5, 5.41) is 4.22. The highest BCUT2D eigenvalue weighted by molar-refractivity contribution is 6.29. The van der Waals surface area contributed by atoms with Crippen molar-refractivity contribution in [3.05, 3.63) is 29.2 Å². The molecule has 2 aromatic rings. The number of amides is 1. The molecule has 0 aliphatic carbocycles. The first kappa shape index (κ1) is 8.00. The number of imidazole rings is 1. The number of nitrogens with zero attached hydrogens (tertiary/aromatic N) is 3. The Morgan fingerprint density at radius 3 is 3.00 bits per heavy atom. The number of primary amides is 1. The number of aromatic nitrogens is 3. The lowest BCUT2D eigenvalue weighted by Gasteiger charge is -1.89. The van der Waals surface area contributed by atoms with Crippen molar-refractivity contribution in [3.63, 3.8) is 0 Å². The van der Waals surface area contributed by atoms with Gasteiger partial charge in [0.1, 0.15) is 10.8 Å². The minimum Gasteiger partial charge on any atom is -0.364 e. The lowest BCUT2D eigenvalue weighted by Crippen LogP contribution is -2.10. The van der Waals surface area contributed by atoms with Crippen LogP contribution in [0.15, 0.2) is 18.3 Å². The van der Waals surface area contributed by atoms with Gasteiger partial charge in [-0.05, 0) is 12.1 Å². The normalized spacial score (nSPS) is 10.5. The van der Waals surface area contributed by atoms with Gasteiger partial charge in [0.25, 0.3) is 5.91 Å². The van der Waals surface area contributed by atoms with Crippen molar-refractivity contribution in [1.82, 2.24) is 14.6 Å². The summed E-state index contributed by atoms with van der Waals surface area (Å²) in [5.41, 5.74) is 5.76. The Morgan fingerprint density at radius 2 is 2.31 bits per heavy atom. The third-order valence-electron chi connectivity index (χ3n) is 1.54. The summed E-state index contributed by atoms with van der Waals surface area (Å²) in [6.45, 7) is 0. The van der Waals surface area contributed by atoms with Crippen molar-refractivity contribution in [3.8, 4) is 0 Å². The Morgan fingerprint density at radius 1 is 1.54 bits per heavy atom. The summed E-state index contributed by atoms with van der Waals surface area (Å²) in [6, 6.07) is 3.25.